The maximum Gasteiger partial charge on any atom is 0.137 e. The van der Waals surface area contributed by atoms with E-state index in [4.69, 9.17) is 9.47 Å². The smallest absolute Gasteiger partial charge is 0.137 e. The van der Waals surface area contributed by atoms with Gasteiger partial charge in [0.25, 0.3) is 0 Å². The van der Waals surface area contributed by atoms with Crippen LogP contribution in [0.25, 0.3) is 0 Å². The fraction of sp³-hybridized carbons (Fsp3) is 0.250. The van der Waals surface area contributed by atoms with Gasteiger partial charge in [-0.25, -0.2) is 4.39 Å². The highest BCUT2D eigenvalue weighted by molar-refractivity contribution is 5.37. The van der Waals surface area contributed by atoms with Crippen LogP contribution in [0.4, 0.5) is 4.39 Å². The lowest BCUT2D eigenvalue weighted by atomic mass is 10.1. The number of rotatable bonds is 3. The van der Waals surface area contributed by atoms with E-state index in [9.17, 15) is 4.39 Å². The van der Waals surface area contributed by atoms with Crippen molar-refractivity contribution in [3.63, 3.8) is 0 Å². The molecule has 0 fully saturated rings. The third-order valence-corrected chi connectivity index (χ3v) is 3.29. The van der Waals surface area contributed by atoms with E-state index in [1.54, 1.807) is 6.07 Å². The highest BCUT2D eigenvalue weighted by Crippen LogP contribution is 2.28. The second-order valence-electron chi connectivity index (χ2n) is 4.77. The first-order valence-corrected chi connectivity index (χ1v) is 6.36. The zero-order chi connectivity index (χ0) is 13.2. The van der Waals surface area contributed by atoms with Crippen molar-refractivity contribution in [1.29, 1.82) is 0 Å². The monoisotopic (exact) mass is 258 g/mol. The van der Waals surface area contributed by atoms with Gasteiger partial charge < -0.3 is 9.47 Å². The Bertz CT molecular complexity index is 570. The second-order valence-corrected chi connectivity index (χ2v) is 4.77. The van der Waals surface area contributed by atoms with Crippen molar-refractivity contribution in [3.8, 4) is 11.5 Å². The van der Waals surface area contributed by atoms with Crippen molar-refractivity contribution in [3.05, 3.63) is 59.4 Å². The molecular formula is C16H15FO2. The summed E-state index contributed by atoms with van der Waals surface area (Å²) in [5.41, 5.74) is 2.13. The molecule has 3 heteroatoms. The van der Waals surface area contributed by atoms with E-state index < -0.39 is 0 Å². The van der Waals surface area contributed by atoms with Crippen molar-refractivity contribution in [2.45, 2.75) is 19.4 Å². The fourth-order valence-corrected chi connectivity index (χ4v) is 2.26. The highest BCUT2D eigenvalue weighted by atomic mass is 19.1. The lowest BCUT2D eigenvalue weighted by Gasteiger charge is -2.14. The van der Waals surface area contributed by atoms with Crippen LogP contribution in [0, 0.1) is 12.7 Å². The predicted octanol–water partition coefficient (Wildman–Crippen LogP) is 3.52. The van der Waals surface area contributed by atoms with E-state index in [2.05, 4.69) is 6.07 Å². The van der Waals surface area contributed by atoms with Gasteiger partial charge in [-0.15, -0.1) is 0 Å². The van der Waals surface area contributed by atoms with Crippen molar-refractivity contribution < 1.29 is 13.9 Å². The second kappa shape index (κ2) is 4.92. The summed E-state index contributed by atoms with van der Waals surface area (Å²) in [6.07, 6.45) is 0.838. The first kappa shape index (κ1) is 12.0. The summed E-state index contributed by atoms with van der Waals surface area (Å²) >= 11 is 0. The predicted molar refractivity (Wildman–Crippen MR) is 71.2 cm³/mol. The van der Waals surface area contributed by atoms with Crippen LogP contribution in [-0.2, 0) is 6.42 Å². The molecule has 3 rings (SSSR count). The van der Waals surface area contributed by atoms with Gasteiger partial charge in [-0.2, -0.15) is 0 Å². The number of aryl methyl sites for hydroxylation is 1. The number of ether oxygens (including phenoxy) is 2. The number of benzene rings is 2. The Morgan fingerprint density at radius 1 is 1.26 bits per heavy atom. The largest absolute Gasteiger partial charge is 0.489 e. The highest BCUT2D eigenvalue weighted by Gasteiger charge is 2.22. The lowest BCUT2D eigenvalue weighted by Crippen LogP contribution is -2.22. The van der Waals surface area contributed by atoms with Crippen LogP contribution >= 0.6 is 0 Å². The molecule has 0 saturated heterocycles. The molecule has 98 valence electrons. The minimum absolute atomic E-state index is 0.0000624. The van der Waals surface area contributed by atoms with Crippen LogP contribution in [0.15, 0.2) is 42.5 Å². The van der Waals surface area contributed by atoms with Crippen LogP contribution in [0.3, 0.4) is 0 Å². The summed E-state index contributed by atoms with van der Waals surface area (Å²) < 4.78 is 24.6. The lowest BCUT2D eigenvalue weighted by molar-refractivity contribution is 0.148. The van der Waals surface area contributed by atoms with Crippen molar-refractivity contribution >= 4 is 0 Å². The maximum atomic E-state index is 13.2. The number of para-hydroxylation sites is 1. The molecule has 1 heterocycles. The third kappa shape index (κ3) is 2.55. The normalized spacial score (nSPS) is 16.8. The molecule has 1 aliphatic heterocycles. The summed E-state index contributed by atoms with van der Waals surface area (Å²) in [6.45, 7) is 2.33. The summed E-state index contributed by atoms with van der Waals surface area (Å²) in [5, 5.41) is 0. The van der Waals surface area contributed by atoms with Gasteiger partial charge in [0, 0.05) is 12.5 Å². The summed E-state index contributed by atoms with van der Waals surface area (Å²) in [7, 11) is 0. The van der Waals surface area contributed by atoms with Crippen LogP contribution in [-0.4, -0.2) is 12.7 Å². The van der Waals surface area contributed by atoms with Crippen LogP contribution in [0.5, 0.6) is 11.5 Å². The maximum absolute atomic E-state index is 13.2. The number of hydrogen-bond donors (Lipinski definition) is 0. The first-order valence-electron chi connectivity index (χ1n) is 6.36. The van der Waals surface area contributed by atoms with Gasteiger partial charge in [-0.3, -0.25) is 0 Å². The topological polar surface area (TPSA) is 18.5 Å². The van der Waals surface area contributed by atoms with Crippen molar-refractivity contribution in [2.75, 3.05) is 6.61 Å². The Balaban J connectivity index is 1.64. The molecule has 0 amide bonds. The molecule has 19 heavy (non-hydrogen) atoms. The van der Waals surface area contributed by atoms with Crippen LogP contribution in [0.1, 0.15) is 11.1 Å². The van der Waals surface area contributed by atoms with E-state index in [-0.39, 0.29) is 11.9 Å². The van der Waals surface area contributed by atoms with Gasteiger partial charge in [0.2, 0.25) is 0 Å². The Morgan fingerprint density at radius 2 is 2.11 bits per heavy atom. The summed E-state index contributed by atoms with van der Waals surface area (Å²) in [4.78, 5) is 0. The Morgan fingerprint density at radius 3 is 2.95 bits per heavy atom. The molecular weight excluding hydrogens is 243 g/mol. The third-order valence-electron chi connectivity index (χ3n) is 3.29. The first-order chi connectivity index (χ1) is 9.22. The van der Waals surface area contributed by atoms with Gasteiger partial charge in [0.1, 0.15) is 30.0 Å². The molecule has 2 aromatic carbocycles. The minimum atomic E-state index is -0.281. The van der Waals surface area contributed by atoms with Gasteiger partial charge in [0.15, 0.2) is 0 Å². The number of halogens is 1. The van der Waals surface area contributed by atoms with Gasteiger partial charge >= 0.3 is 0 Å². The molecule has 1 atom stereocenters. The van der Waals surface area contributed by atoms with E-state index >= 15 is 0 Å². The molecule has 0 spiro atoms. The Kier molecular flexibility index (Phi) is 3.11. The molecule has 0 saturated carbocycles. The molecule has 0 radical (unpaired) electrons. The fourth-order valence-electron chi connectivity index (χ4n) is 2.26. The molecule has 0 bridgehead atoms. The van der Waals surface area contributed by atoms with Crippen molar-refractivity contribution in [2.24, 2.45) is 0 Å². The van der Waals surface area contributed by atoms with E-state index in [0.717, 1.165) is 17.7 Å². The molecule has 0 aromatic heterocycles. The molecule has 2 aromatic rings. The quantitative estimate of drug-likeness (QED) is 0.838. The molecule has 0 N–H and O–H groups in total. The average Bonchev–Trinajstić information content (AvgIpc) is 2.82. The number of hydrogen-bond acceptors (Lipinski definition) is 2. The zero-order valence-electron chi connectivity index (χ0n) is 10.7. The summed E-state index contributed by atoms with van der Waals surface area (Å²) in [6, 6.07) is 12.5. The van der Waals surface area contributed by atoms with E-state index in [1.807, 2.05) is 25.1 Å². The van der Waals surface area contributed by atoms with Crippen molar-refractivity contribution in [1.82, 2.24) is 0 Å². The molecule has 1 aliphatic rings. The van der Waals surface area contributed by atoms with Crippen LogP contribution < -0.4 is 9.47 Å². The molecule has 2 nitrogen and oxygen atoms in total. The number of fused-ring (bicyclic) bond motifs is 1. The minimum Gasteiger partial charge on any atom is -0.489 e. The molecule has 0 aliphatic carbocycles. The zero-order valence-corrected chi connectivity index (χ0v) is 10.7. The SMILES string of the molecule is Cc1ccc(F)cc1OCC1Cc2ccccc2O1. The van der Waals surface area contributed by atoms with Gasteiger partial charge in [-0.1, -0.05) is 24.3 Å². The molecule has 1 unspecified atom stereocenters. The van der Waals surface area contributed by atoms with E-state index in [0.29, 0.717) is 12.4 Å². The van der Waals surface area contributed by atoms with Gasteiger partial charge in [-0.05, 0) is 30.2 Å². The average molecular weight is 258 g/mol. The van der Waals surface area contributed by atoms with E-state index in [1.165, 1.54) is 17.7 Å². The Labute approximate surface area is 111 Å². The standard InChI is InChI=1S/C16H15FO2/c1-11-6-7-13(17)9-16(11)18-10-14-8-12-4-2-3-5-15(12)19-14/h2-7,9,14H,8,10H2,1H3. The Hall–Kier alpha value is -2.03. The van der Waals surface area contributed by atoms with Gasteiger partial charge in [0.05, 0.1) is 0 Å². The van der Waals surface area contributed by atoms with Crippen LogP contribution in [0.2, 0.25) is 0 Å². The summed E-state index contributed by atoms with van der Waals surface area (Å²) in [5.74, 6) is 1.22.